The lowest BCUT2D eigenvalue weighted by Crippen LogP contribution is -2.12. The third-order valence-corrected chi connectivity index (χ3v) is 5.35. The van der Waals surface area contributed by atoms with Crippen LogP contribution in [0.25, 0.3) is 10.6 Å². The highest BCUT2D eigenvalue weighted by atomic mass is 32.1. The number of rotatable bonds is 3. The molecule has 0 aromatic carbocycles. The Balaban J connectivity index is 1.70. The first kappa shape index (κ1) is 12.9. The van der Waals surface area contributed by atoms with E-state index in [1.54, 1.807) is 11.3 Å². The van der Waals surface area contributed by atoms with Gasteiger partial charge in [-0.15, -0.1) is 11.3 Å². The van der Waals surface area contributed by atoms with Gasteiger partial charge in [-0.1, -0.05) is 25.5 Å². The van der Waals surface area contributed by atoms with Crippen molar-refractivity contribution >= 4 is 11.3 Å². The van der Waals surface area contributed by atoms with Crippen molar-refractivity contribution in [1.82, 2.24) is 4.98 Å². The van der Waals surface area contributed by atoms with E-state index in [4.69, 9.17) is 0 Å². The minimum Gasteiger partial charge on any atom is -0.255 e. The third kappa shape index (κ3) is 2.89. The standard InChI is InChI=1S/C17H21NS/c1-2-13-5-7-14(8-6-13)15-9-10-16(18-12-15)17-4-3-11-19-17/h3-4,9-14H,2,5-8H2,1H3. The van der Waals surface area contributed by atoms with Crippen molar-refractivity contribution in [1.29, 1.82) is 0 Å². The van der Waals surface area contributed by atoms with Crippen molar-refractivity contribution in [2.24, 2.45) is 5.92 Å². The Morgan fingerprint density at radius 3 is 2.58 bits per heavy atom. The van der Waals surface area contributed by atoms with E-state index in [1.807, 2.05) is 0 Å². The van der Waals surface area contributed by atoms with Crippen LogP contribution in [0.4, 0.5) is 0 Å². The fourth-order valence-electron chi connectivity index (χ4n) is 3.12. The molecule has 0 saturated heterocycles. The molecular weight excluding hydrogens is 250 g/mol. The molecule has 1 aliphatic carbocycles. The van der Waals surface area contributed by atoms with E-state index >= 15 is 0 Å². The summed E-state index contributed by atoms with van der Waals surface area (Å²) in [6, 6.07) is 8.70. The monoisotopic (exact) mass is 271 g/mol. The van der Waals surface area contributed by atoms with Crippen molar-refractivity contribution in [2.75, 3.05) is 0 Å². The SMILES string of the molecule is CCC1CCC(c2ccc(-c3cccs3)nc2)CC1. The first-order valence-corrected chi connectivity index (χ1v) is 8.24. The van der Waals surface area contributed by atoms with E-state index in [2.05, 4.69) is 47.8 Å². The van der Waals surface area contributed by atoms with Crippen molar-refractivity contribution < 1.29 is 0 Å². The van der Waals surface area contributed by atoms with Crippen LogP contribution in [-0.2, 0) is 0 Å². The van der Waals surface area contributed by atoms with E-state index in [0.29, 0.717) is 0 Å². The van der Waals surface area contributed by atoms with Gasteiger partial charge in [0.05, 0.1) is 10.6 Å². The van der Waals surface area contributed by atoms with Crippen molar-refractivity contribution in [3.8, 4) is 10.6 Å². The van der Waals surface area contributed by atoms with Crippen LogP contribution in [0.1, 0.15) is 50.5 Å². The van der Waals surface area contributed by atoms with Gasteiger partial charge in [-0.05, 0) is 60.6 Å². The number of pyridine rings is 1. The van der Waals surface area contributed by atoms with Crippen LogP contribution in [0, 0.1) is 5.92 Å². The average Bonchev–Trinajstić information content (AvgIpc) is 3.02. The Hall–Kier alpha value is -1.15. The lowest BCUT2D eigenvalue weighted by atomic mass is 9.78. The molecule has 1 saturated carbocycles. The van der Waals surface area contributed by atoms with E-state index < -0.39 is 0 Å². The summed E-state index contributed by atoms with van der Waals surface area (Å²) >= 11 is 1.76. The van der Waals surface area contributed by atoms with Gasteiger partial charge in [0, 0.05) is 6.20 Å². The lowest BCUT2D eigenvalue weighted by molar-refractivity contribution is 0.318. The molecule has 2 aromatic rings. The van der Waals surface area contributed by atoms with Crippen LogP contribution in [-0.4, -0.2) is 4.98 Å². The second-order valence-corrected chi connectivity index (χ2v) is 6.53. The molecule has 0 aliphatic heterocycles. The molecule has 100 valence electrons. The molecule has 0 spiro atoms. The van der Waals surface area contributed by atoms with Gasteiger partial charge >= 0.3 is 0 Å². The van der Waals surface area contributed by atoms with Gasteiger partial charge < -0.3 is 0 Å². The van der Waals surface area contributed by atoms with Crippen LogP contribution in [0.5, 0.6) is 0 Å². The summed E-state index contributed by atoms with van der Waals surface area (Å²) in [5.74, 6) is 1.71. The van der Waals surface area contributed by atoms with Gasteiger partial charge in [0.25, 0.3) is 0 Å². The topological polar surface area (TPSA) is 12.9 Å². The minimum absolute atomic E-state index is 0.743. The van der Waals surface area contributed by atoms with E-state index in [9.17, 15) is 0 Å². The zero-order valence-electron chi connectivity index (χ0n) is 11.5. The molecule has 0 atom stereocenters. The molecule has 19 heavy (non-hydrogen) atoms. The first-order chi connectivity index (χ1) is 9.36. The van der Waals surface area contributed by atoms with Gasteiger partial charge in [0.2, 0.25) is 0 Å². The largest absolute Gasteiger partial charge is 0.255 e. The summed E-state index contributed by atoms with van der Waals surface area (Å²) in [7, 11) is 0. The maximum absolute atomic E-state index is 4.65. The normalized spacial score (nSPS) is 23.4. The molecule has 1 aliphatic rings. The van der Waals surface area contributed by atoms with Crippen LogP contribution in [0.2, 0.25) is 0 Å². The molecule has 1 fully saturated rings. The highest BCUT2D eigenvalue weighted by molar-refractivity contribution is 7.13. The van der Waals surface area contributed by atoms with Crippen LogP contribution < -0.4 is 0 Å². The molecule has 0 radical (unpaired) electrons. The summed E-state index contributed by atoms with van der Waals surface area (Å²) in [6.07, 6.45) is 8.94. The van der Waals surface area contributed by atoms with Crippen molar-refractivity contribution in [3.05, 3.63) is 41.4 Å². The number of hydrogen-bond donors (Lipinski definition) is 0. The molecule has 0 bridgehead atoms. The number of aromatic nitrogens is 1. The summed E-state index contributed by atoms with van der Waals surface area (Å²) in [6.45, 7) is 2.32. The quantitative estimate of drug-likeness (QED) is 0.719. The third-order valence-electron chi connectivity index (χ3n) is 4.46. The molecule has 2 aromatic heterocycles. The molecule has 0 unspecified atom stereocenters. The summed E-state index contributed by atoms with van der Waals surface area (Å²) in [5, 5.41) is 2.11. The van der Waals surface area contributed by atoms with Crippen molar-refractivity contribution in [3.63, 3.8) is 0 Å². The molecule has 1 nitrogen and oxygen atoms in total. The molecule has 3 rings (SSSR count). The zero-order chi connectivity index (χ0) is 13.1. The fourth-order valence-corrected chi connectivity index (χ4v) is 3.82. The molecular formula is C17H21NS. The fraction of sp³-hybridized carbons (Fsp3) is 0.471. The van der Waals surface area contributed by atoms with Gasteiger partial charge in [0.1, 0.15) is 0 Å². The maximum atomic E-state index is 4.65. The zero-order valence-corrected chi connectivity index (χ0v) is 12.3. The first-order valence-electron chi connectivity index (χ1n) is 7.36. The molecule has 0 amide bonds. The van der Waals surface area contributed by atoms with Crippen molar-refractivity contribution in [2.45, 2.75) is 44.9 Å². The van der Waals surface area contributed by atoms with Crippen LogP contribution in [0.15, 0.2) is 35.8 Å². The smallest absolute Gasteiger partial charge is 0.0801 e. The van der Waals surface area contributed by atoms with Gasteiger partial charge in [-0.2, -0.15) is 0 Å². The summed E-state index contributed by atoms with van der Waals surface area (Å²) in [4.78, 5) is 5.91. The summed E-state index contributed by atoms with van der Waals surface area (Å²) in [5.41, 5.74) is 2.55. The number of nitrogens with zero attached hydrogens (tertiary/aromatic N) is 1. The predicted molar refractivity (Wildman–Crippen MR) is 82.5 cm³/mol. The molecule has 2 heteroatoms. The Kier molecular flexibility index (Phi) is 3.97. The highest BCUT2D eigenvalue weighted by Gasteiger charge is 2.21. The Morgan fingerprint density at radius 2 is 2.00 bits per heavy atom. The van der Waals surface area contributed by atoms with Crippen LogP contribution >= 0.6 is 11.3 Å². The second-order valence-electron chi connectivity index (χ2n) is 5.58. The second kappa shape index (κ2) is 5.87. The van der Waals surface area contributed by atoms with Gasteiger partial charge in [-0.3, -0.25) is 4.98 Å². The predicted octanol–water partition coefficient (Wildman–Crippen LogP) is 5.49. The summed E-state index contributed by atoms with van der Waals surface area (Å²) < 4.78 is 0. The average molecular weight is 271 g/mol. The van der Waals surface area contributed by atoms with E-state index in [0.717, 1.165) is 17.5 Å². The Labute approximate surface area is 119 Å². The van der Waals surface area contributed by atoms with E-state index in [1.165, 1.54) is 42.5 Å². The minimum atomic E-state index is 0.743. The maximum Gasteiger partial charge on any atom is 0.0801 e. The highest BCUT2D eigenvalue weighted by Crippen LogP contribution is 2.37. The molecule has 0 N–H and O–H groups in total. The number of hydrogen-bond acceptors (Lipinski definition) is 2. The number of thiophene rings is 1. The van der Waals surface area contributed by atoms with Crippen LogP contribution in [0.3, 0.4) is 0 Å². The lowest BCUT2D eigenvalue weighted by Gasteiger charge is -2.27. The Morgan fingerprint density at radius 1 is 1.16 bits per heavy atom. The Bertz CT molecular complexity index is 493. The van der Waals surface area contributed by atoms with E-state index in [-0.39, 0.29) is 0 Å². The van der Waals surface area contributed by atoms with Gasteiger partial charge in [-0.25, -0.2) is 0 Å². The van der Waals surface area contributed by atoms with Gasteiger partial charge in [0.15, 0.2) is 0 Å². The molecule has 2 heterocycles.